The lowest BCUT2D eigenvalue weighted by Crippen LogP contribution is -2.15. The van der Waals surface area contributed by atoms with Gasteiger partial charge in [0.2, 0.25) is 0 Å². The second-order valence-corrected chi connectivity index (χ2v) is 4.33. The van der Waals surface area contributed by atoms with Gasteiger partial charge in [0.1, 0.15) is 23.3 Å². The third kappa shape index (κ3) is 2.99. The van der Waals surface area contributed by atoms with Crippen LogP contribution in [0, 0.1) is 5.82 Å². The Labute approximate surface area is 112 Å². The number of anilines is 3. The topological polar surface area (TPSA) is 55.0 Å². The number of nitrogen functional groups attached to an aromatic ring is 1. The van der Waals surface area contributed by atoms with E-state index in [9.17, 15) is 4.39 Å². The molecule has 1 aromatic carbocycles. The number of rotatable bonds is 4. The fourth-order valence-electron chi connectivity index (χ4n) is 1.86. The maximum Gasteiger partial charge on any atom is 0.146 e. The third-order valence-corrected chi connectivity index (χ3v) is 2.81. The lowest BCUT2D eigenvalue weighted by atomic mass is 10.2. The molecule has 19 heavy (non-hydrogen) atoms. The number of hydrogen-bond donors (Lipinski definition) is 1. The molecule has 0 unspecified atom stereocenters. The van der Waals surface area contributed by atoms with Gasteiger partial charge in [0.25, 0.3) is 0 Å². The molecule has 0 aliphatic carbocycles. The average Bonchev–Trinajstić information content (AvgIpc) is 2.38. The fraction of sp³-hybridized carbons (Fsp3) is 0.286. The molecule has 0 radical (unpaired) electrons. The molecule has 0 spiro atoms. The summed E-state index contributed by atoms with van der Waals surface area (Å²) in [5, 5.41) is 0. The predicted octanol–water partition coefficient (Wildman–Crippen LogP) is 2.92. The number of aromatic nitrogens is 2. The molecule has 0 amide bonds. The van der Waals surface area contributed by atoms with Crippen molar-refractivity contribution < 1.29 is 4.39 Å². The minimum Gasteiger partial charge on any atom is -0.384 e. The van der Waals surface area contributed by atoms with Gasteiger partial charge >= 0.3 is 0 Å². The summed E-state index contributed by atoms with van der Waals surface area (Å²) in [6.45, 7) is 2.05. The Morgan fingerprint density at radius 1 is 1.26 bits per heavy atom. The van der Waals surface area contributed by atoms with Crippen LogP contribution in [0.25, 0.3) is 0 Å². The Hall–Kier alpha value is -2.17. The Balaban J connectivity index is 2.38. The van der Waals surface area contributed by atoms with Crippen LogP contribution in [0.2, 0.25) is 0 Å². The van der Waals surface area contributed by atoms with E-state index in [0.717, 1.165) is 12.8 Å². The predicted molar refractivity (Wildman–Crippen MR) is 74.9 cm³/mol. The van der Waals surface area contributed by atoms with Crippen molar-refractivity contribution in [3.8, 4) is 0 Å². The summed E-state index contributed by atoms with van der Waals surface area (Å²) in [7, 11) is 1.76. The summed E-state index contributed by atoms with van der Waals surface area (Å²) in [4.78, 5) is 10.3. The zero-order chi connectivity index (χ0) is 13.8. The first-order valence-corrected chi connectivity index (χ1v) is 6.23. The molecule has 100 valence electrons. The van der Waals surface area contributed by atoms with Crippen LogP contribution in [-0.4, -0.2) is 17.0 Å². The van der Waals surface area contributed by atoms with Crippen LogP contribution in [0.1, 0.15) is 19.2 Å². The van der Waals surface area contributed by atoms with Gasteiger partial charge in [-0.05, 0) is 18.6 Å². The van der Waals surface area contributed by atoms with Crippen molar-refractivity contribution in [1.29, 1.82) is 0 Å². The lowest BCUT2D eigenvalue weighted by Gasteiger charge is -2.19. The average molecular weight is 260 g/mol. The van der Waals surface area contributed by atoms with Crippen molar-refractivity contribution in [2.75, 3.05) is 17.7 Å². The molecule has 2 aromatic rings. The molecular formula is C14H17FN4. The SMILES string of the molecule is CCCc1nc(N)cc(N(C)c2ccccc2F)n1. The normalized spacial score (nSPS) is 10.5. The molecule has 0 saturated heterocycles. The highest BCUT2D eigenvalue weighted by atomic mass is 19.1. The zero-order valence-corrected chi connectivity index (χ0v) is 11.1. The van der Waals surface area contributed by atoms with Crippen molar-refractivity contribution >= 4 is 17.3 Å². The Kier molecular flexibility index (Phi) is 3.94. The first-order valence-electron chi connectivity index (χ1n) is 6.23. The molecule has 1 heterocycles. The Bertz CT molecular complexity index is 571. The summed E-state index contributed by atoms with van der Waals surface area (Å²) < 4.78 is 13.8. The number of halogens is 1. The number of nitrogens with two attached hydrogens (primary N) is 1. The first-order chi connectivity index (χ1) is 9.11. The van der Waals surface area contributed by atoms with Crippen LogP contribution in [0.5, 0.6) is 0 Å². The molecule has 0 atom stereocenters. The molecular weight excluding hydrogens is 243 g/mol. The molecule has 5 heteroatoms. The van der Waals surface area contributed by atoms with Gasteiger partial charge in [0.15, 0.2) is 0 Å². The lowest BCUT2D eigenvalue weighted by molar-refractivity contribution is 0.627. The van der Waals surface area contributed by atoms with E-state index in [2.05, 4.69) is 9.97 Å². The van der Waals surface area contributed by atoms with Gasteiger partial charge in [-0.15, -0.1) is 0 Å². The van der Waals surface area contributed by atoms with E-state index in [1.54, 1.807) is 36.2 Å². The molecule has 0 aliphatic heterocycles. The molecule has 0 bridgehead atoms. The zero-order valence-electron chi connectivity index (χ0n) is 11.1. The van der Waals surface area contributed by atoms with Crippen LogP contribution < -0.4 is 10.6 Å². The summed E-state index contributed by atoms with van der Waals surface area (Å²) in [6.07, 6.45) is 1.69. The van der Waals surface area contributed by atoms with Gasteiger partial charge in [0.05, 0.1) is 5.69 Å². The van der Waals surface area contributed by atoms with Gasteiger partial charge in [0, 0.05) is 19.5 Å². The summed E-state index contributed by atoms with van der Waals surface area (Å²) in [5.74, 6) is 1.39. The van der Waals surface area contributed by atoms with E-state index < -0.39 is 0 Å². The second kappa shape index (κ2) is 5.65. The monoisotopic (exact) mass is 260 g/mol. The van der Waals surface area contributed by atoms with E-state index in [1.165, 1.54) is 6.07 Å². The molecule has 2 rings (SSSR count). The van der Waals surface area contributed by atoms with E-state index in [1.807, 2.05) is 6.92 Å². The van der Waals surface area contributed by atoms with Crippen molar-refractivity contribution in [3.05, 3.63) is 42.0 Å². The van der Waals surface area contributed by atoms with Gasteiger partial charge in [-0.1, -0.05) is 19.1 Å². The van der Waals surface area contributed by atoms with Gasteiger partial charge in [-0.3, -0.25) is 0 Å². The molecule has 0 fully saturated rings. The van der Waals surface area contributed by atoms with Crippen molar-refractivity contribution in [3.63, 3.8) is 0 Å². The van der Waals surface area contributed by atoms with Crippen LogP contribution in [0.4, 0.5) is 21.7 Å². The molecule has 0 aliphatic rings. The highest BCUT2D eigenvalue weighted by Gasteiger charge is 2.12. The second-order valence-electron chi connectivity index (χ2n) is 4.33. The van der Waals surface area contributed by atoms with Gasteiger partial charge in [-0.25, -0.2) is 14.4 Å². The third-order valence-electron chi connectivity index (χ3n) is 2.81. The quantitative estimate of drug-likeness (QED) is 0.918. The van der Waals surface area contributed by atoms with Crippen LogP contribution in [0.15, 0.2) is 30.3 Å². The fourth-order valence-corrected chi connectivity index (χ4v) is 1.86. The number of para-hydroxylation sites is 1. The molecule has 0 saturated carbocycles. The van der Waals surface area contributed by atoms with E-state index >= 15 is 0 Å². The van der Waals surface area contributed by atoms with Crippen LogP contribution in [0.3, 0.4) is 0 Å². The standard InChI is InChI=1S/C14H17FN4/c1-3-6-13-17-12(16)9-14(18-13)19(2)11-8-5-4-7-10(11)15/h4-5,7-9H,3,6H2,1-2H3,(H2,16,17,18). The first kappa shape index (κ1) is 13.3. The molecule has 4 nitrogen and oxygen atoms in total. The van der Waals surface area contributed by atoms with Crippen LogP contribution >= 0.6 is 0 Å². The number of aryl methyl sites for hydroxylation is 1. The van der Waals surface area contributed by atoms with E-state index in [-0.39, 0.29) is 5.82 Å². The molecule has 2 N–H and O–H groups in total. The summed E-state index contributed by atoms with van der Waals surface area (Å²) in [6, 6.07) is 8.21. The number of nitrogens with zero attached hydrogens (tertiary/aromatic N) is 3. The van der Waals surface area contributed by atoms with Crippen molar-refractivity contribution in [2.45, 2.75) is 19.8 Å². The highest BCUT2D eigenvalue weighted by molar-refractivity contribution is 5.61. The van der Waals surface area contributed by atoms with Crippen molar-refractivity contribution in [1.82, 2.24) is 9.97 Å². The number of hydrogen-bond acceptors (Lipinski definition) is 4. The smallest absolute Gasteiger partial charge is 0.146 e. The minimum absolute atomic E-state index is 0.292. The van der Waals surface area contributed by atoms with Crippen LogP contribution in [-0.2, 0) is 6.42 Å². The maximum atomic E-state index is 13.8. The van der Waals surface area contributed by atoms with E-state index in [0.29, 0.717) is 23.1 Å². The molecule has 1 aromatic heterocycles. The van der Waals surface area contributed by atoms with E-state index in [4.69, 9.17) is 5.73 Å². The number of benzene rings is 1. The highest BCUT2D eigenvalue weighted by Crippen LogP contribution is 2.25. The maximum absolute atomic E-state index is 13.8. The summed E-state index contributed by atoms with van der Waals surface area (Å²) in [5.41, 5.74) is 6.23. The summed E-state index contributed by atoms with van der Waals surface area (Å²) >= 11 is 0. The van der Waals surface area contributed by atoms with Crippen molar-refractivity contribution in [2.24, 2.45) is 0 Å². The van der Waals surface area contributed by atoms with Gasteiger partial charge < -0.3 is 10.6 Å². The Morgan fingerprint density at radius 2 is 2.00 bits per heavy atom. The Morgan fingerprint density at radius 3 is 2.68 bits per heavy atom. The largest absolute Gasteiger partial charge is 0.384 e. The minimum atomic E-state index is -0.292. The van der Waals surface area contributed by atoms with Gasteiger partial charge in [-0.2, -0.15) is 0 Å².